The van der Waals surface area contributed by atoms with E-state index in [2.05, 4.69) is 0 Å². The summed E-state index contributed by atoms with van der Waals surface area (Å²) in [5.41, 5.74) is -0.973. The Hall–Kier alpha value is -1.90. The number of imidazole rings is 1. The van der Waals surface area contributed by atoms with Crippen LogP contribution in [0.1, 0.15) is 11.7 Å². The second-order valence-corrected chi connectivity index (χ2v) is 6.49. The average molecular weight is 345 g/mol. The van der Waals surface area contributed by atoms with Gasteiger partial charge < -0.3 is 4.74 Å². The zero-order valence-corrected chi connectivity index (χ0v) is 13.2. The van der Waals surface area contributed by atoms with E-state index < -0.39 is 21.6 Å². The lowest BCUT2D eigenvalue weighted by atomic mass is 10.4. The maximum Gasteiger partial charge on any atom is 0.349 e. The zero-order valence-electron chi connectivity index (χ0n) is 11.6. The van der Waals surface area contributed by atoms with Crippen LogP contribution in [0.3, 0.4) is 0 Å². The van der Waals surface area contributed by atoms with Gasteiger partial charge in [-0.05, 0) is 31.2 Å². The first-order valence-electron chi connectivity index (χ1n) is 6.30. The summed E-state index contributed by atoms with van der Waals surface area (Å²) in [6.07, 6.45) is 2.12. The summed E-state index contributed by atoms with van der Waals surface area (Å²) < 4.78 is 30.9. The van der Waals surface area contributed by atoms with Gasteiger partial charge in [-0.3, -0.25) is 4.79 Å². The van der Waals surface area contributed by atoms with Crippen LogP contribution in [-0.2, 0) is 14.8 Å². The lowest BCUT2D eigenvalue weighted by Gasteiger charge is -2.04. The monoisotopic (exact) mass is 344 g/mol. The Morgan fingerprint density at radius 3 is 2.45 bits per heavy atom. The van der Waals surface area contributed by atoms with E-state index in [-0.39, 0.29) is 11.5 Å². The summed E-state index contributed by atoms with van der Waals surface area (Å²) in [5.74, 6) is -0.642. The molecule has 22 heavy (non-hydrogen) atoms. The summed E-state index contributed by atoms with van der Waals surface area (Å²) >= 11 is 5.71. The summed E-state index contributed by atoms with van der Waals surface area (Å²) in [7, 11) is -4.09. The van der Waals surface area contributed by atoms with E-state index in [1.165, 1.54) is 24.3 Å². The van der Waals surface area contributed by atoms with Crippen LogP contribution in [0, 0.1) is 0 Å². The van der Waals surface area contributed by atoms with Crippen molar-refractivity contribution < 1.29 is 17.9 Å². The number of aromatic nitrogens is 2. The van der Waals surface area contributed by atoms with Crippen molar-refractivity contribution in [3.8, 4) is 0 Å². The third kappa shape index (κ3) is 3.13. The molecule has 9 heteroatoms. The van der Waals surface area contributed by atoms with E-state index in [4.69, 9.17) is 16.3 Å². The van der Waals surface area contributed by atoms with Crippen LogP contribution in [0.4, 0.5) is 0 Å². The largest absolute Gasteiger partial charge is 0.372 e. The highest BCUT2D eigenvalue weighted by atomic mass is 35.5. The molecule has 0 N–H and O–H groups in total. The molecule has 0 aliphatic heterocycles. The lowest BCUT2D eigenvalue weighted by Crippen LogP contribution is -2.33. The number of hydrogen-bond donors (Lipinski definition) is 0. The van der Waals surface area contributed by atoms with E-state index in [1.807, 2.05) is 0 Å². The first-order chi connectivity index (χ1) is 10.4. The zero-order chi connectivity index (χ0) is 16.3. The molecule has 0 unspecified atom stereocenters. The minimum atomic E-state index is -4.09. The second kappa shape index (κ2) is 6.47. The van der Waals surface area contributed by atoms with Crippen molar-refractivity contribution in [3.05, 3.63) is 52.2 Å². The summed E-state index contributed by atoms with van der Waals surface area (Å²) in [6.45, 7) is 1.71. The van der Waals surface area contributed by atoms with Crippen LogP contribution in [0.25, 0.3) is 0 Å². The molecule has 0 fully saturated rings. The van der Waals surface area contributed by atoms with Gasteiger partial charge in [-0.1, -0.05) is 11.6 Å². The predicted molar refractivity (Wildman–Crippen MR) is 79.8 cm³/mol. The normalized spacial score (nSPS) is 11.5. The lowest BCUT2D eigenvalue weighted by molar-refractivity contribution is 0.0694. The Bertz CT molecular complexity index is 836. The molecule has 118 valence electrons. The molecule has 0 amide bonds. The SMILES string of the molecule is CCOCC(=O)n1ccn(S(=O)(=O)c2ccc(Cl)cc2)c1=O. The highest BCUT2D eigenvalue weighted by Gasteiger charge is 2.22. The van der Waals surface area contributed by atoms with Crippen molar-refractivity contribution in [1.82, 2.24) is 8.54 Å². The number of carbonyl (C=O) groups excluding carboxylic acids is 1. The van der Waals surface area contributed by atoms with Crippen LogP contribution in [0.15, 0.2) is 46.3 Å². The maximum absolute atomic E-state index is 12.4. The van der Waals surface area contributed by atoms with E-state index in [0.29, 0.717) is 20.2 Å². The number of rotatable bonds is 5. The number of halogens is 1. The topological polar surface area (TPSA) is 87.4 Å². The predicted octanol–water partition coefficient (Wildman–Crippen LogP) is 1.22. The van der Waals surface area contributed by atoms with Crippen molar-refractivity contribution >= 4 is 27.5 Å². The Labute approximate surface area is 131 Å². The molecular formula is C13H13ClN2O5S. The van der Waals surface area contributed by atoms with E-state index in [9.17, 15) is 18.0 Å². The van der Waals surface area contributed by atoms with Crippen LogP contribution in [-0.4, -0.2) is 36.1 Å². The van der Waals surface area contributed by atoms with Gasteiger partial charge in [-0.25, -0.2) is 17.8 Å². The summed E-state index contributed by atoms with van der Waals surface area (Å²) in [5, 5.41) is 0.371. The highest BCUT2D eigenvalue weighted by Crippen LogP contribution is 2.15. The second-order valence-electron chi connectivity index (χ2n) is 4.24. The molecule has 0 radical (unpaired) electrons. The molecule has 0 bridgehead atoms. The quantitative estimate of drug-likeness (QED) is 0.813. The van der Waals surface area contributed by atoms with Crippen molar-refractivity contribution in [1.29, 1.82) is 0 Å². The molecular weight excluding hydrogens is 332 g/mol. The van der Waals surface area contributed by atoms with Crippen molar-refractivity contribution in [2.45, 2.75) is 11.8 Å². The molecule has 2 aromatic rings. The molecule has 1 aromatic carbocycles. The first-order valence-corrected chi connectivity index (χ1v) is 8.12. The van der Waals surface area contributed by atoms with Gasteiger partial charge in [-0.2, -0.15) is 3.97 Å². The molecule has 0 saturated heterocycles. The van der Waals surface area contributed by atoms with Crippen molar-refractivity contribution in [2.75, 3.05) is 13.2 Å². The number of ether oxygens (including phenoxy) is 1. The molecule has 0 atom stereocenters. The Balaban J connectivity index is 2.41. The fraction of sp³-hybridized carbons (Fsp3) is 0.231. The molecule has 2 rings (SSSR count). The van der Waals surface area contributed by atoms with Gasteiger partial charge in [0.1, 0.15) is 6.61 Å². The van der Waals surface area contributed by atoms with Gasteiger partial charge in [-0.15, -0.1) is 0 Å². The van der Waals surface area contributed by atoms with Gasteiger partial charge >= 0.3 is 5.69 Å². The third-order valence-corrected chi connectivity index (χ3v) is 4.73. The van der Waals surface area contributed by atoms with Crippen LogP contribution < -0.4 is 5.69 Å². The molecule has 0 aliphatic rings. The van der Waals surface area contributed by atoms with E-state index in [1.54, 1.807) is 6.92 Å². The fourth-order valence-corrected chi connectivity index (χ4v) is 3.05. The minimum Gasteiger partial charge on any atom is -0.372 e. The Morgan fingerprint density at radius 2 is 1.86 bits per heavy atom. The average Bonchev–Trinajstić information content (AvgIpc) is 2.87. The molecule has 0 spiro atoms. The van der Waals surface area contributed by atoms with Gasteiger partial charge in [0.15, 0.2) is 0 Å². The number of hydrogen-bond acceptors (Lipinski definition) is 5. The van der Waals surface area contributed by atoms with Crippen molar-refractivity contribution in [2.24, 2.45) is 0 Å². The molecule has 1 heterocycles. The third-order valence-electron chi connectivity index (χ3n) is 2.81. The van der Waals surface area contributed by atoms with Crippen LogP contribution in [0.5, 0.6) is 0 Å². The summed E-state index contributed by atoms with van der Waals surface area (Å²) in [6, 6.07) is 5.36. The Morgan fingerprint density at radius 1 is 1.23 bits per heavy atom. The summed E-state index contributed by atoms with van der Waals surface area (Å²) in [4.78, 5) is 23.8. The van der Waals surface area contributed by atoms with Gasteiger partial charge in [0, 0.05) is 24.0 Å². The van der Waals surface area contributed by atoms with Crippen LogP contribution >= 0.6 is 11.6 Å². The molecule has 0 aliphatic carbocycles. The molecule has 7 nitrogen and oxygen atoms in total. The van der Waals surface area contributed by atoms with Gasteiger partial charge in [0.25, 0.3) is 15.9 Å². The van der Waals surface area contributed by atoms with E-state index in [0.717, 1.165) is 12.4 Å². The maximum atomic E-state index is 12.4. The minimum absolute atomic E-state index is 0.103. The number of nitrogens with zero attached hydrogens (tertiary/aromatic N) is 2. The van der Waals surface area contributed by atoms with Gasteiger partial charge in [0.2, 0.25) is 0 Å². The first kappa shape index (κ1) is 16.5. The number of benzene rings is 1. The highest BCUT2D eigenvalue weighted by molar-refractivity contribution is 7.90. The molecule has 0 saturated carbocycles. The van der Waals surface area contributed by atoms with E-state index >= 15 is 0 Å². The number of carbonyl (C=O) groups is 1. The standard InChI is InChI=1S/C13H13ClN2O5S/c1-2-21-9-12(17)15-7-8-16(13(15)18)22(19,20)11-5-3-10(14)4-6-11/h3-8H,2,9H2,1H3. The van der Waals surface area contributed by atoms with Crippen molar-refractivity contribution in [3.63, 3.8) is 0 Å². The smallest absolute Gasteiger partial charge is 0.349 e. The Kier molecular flexibility index (Phi) is 4.84. The van der Waals surface area contributed by atoms with Gasteiger partial charge in [0.05, 0.1) is 4.90 Å². The van der Waals surface area contributed by atoms with Crippen LogP contribution in [0.2, 0.25) is 5.02 Å². The molecule has 1 aromatic heterocycles. The fourth-order valence-electron chi connectivity index (χ4n) is 1.71.